The van der Waals surface area contributed by atoms with Crippen LogP contribution < -0.4 is 16.6 Å². The molecular formula is C11H18N4O6. The van der Waals surface area contributed by atoms with Gasteiger partial charge in [-0.1, -0.05) is 0 Å². The molecule has 0 saturated carbocycles. The maximum Gasteiger partial charge on any atom is 0.350 e. The fourth-order valence-electron chi connectivity index (χ4n) is 1.71. The van der Waals surface area contributed by atoms with E-state index in [4.69, 9.17) is 4.74 Å². The zero-order valence-corrected chi connectivity index (χ0v) is 11.8. The van der Waals surface area contributed by atoms with Crippen molar-refractivity contribution in [3.05, 3.63) is 37.1 Å². The van der Waals surface area contributed by atoms with E-state index in [2.05, 4.69) is 5.32 Å². The van der Waals surface area contributed by atoms with E-state index < -0.39 is 28.0 Å². The van der Waals surface area contributed by atoms with Gasteiger partial charge in [0.05, 0.1) is 30.4 Å². The Balaban J connectivity index is 2.90. The van der Waals surface area contributed by atoms with Crippen molar-refractivity contribution in [1.29, 1.82) is 0 Å². The molecule has 0 saturated heterocycles. The van der Waals surface area contributed by atoms with Crippen molar-refractivity contribution in [3.63, 3.8) is 0 Å². The molecule has 1 unspecified atom stereocenters. The maximum atomic E-state index is 11.9. The summed E-state index contributed by atoms with van der Waals surface area (Å²) < 4.78 is 6.40. The van der Waals surface area contributed by atoms with E-state index in [0.29, 0.717) is 17.7 Å². The molecule has 0 aliphatic carbocycles. The Morgan fingerprint density at radius 1 is 1.52 bits per heavy atom. The lowest BCUT2D eigenvalue weighted by molar-refractivity contribution is -0.387. The first-order chi connectivity index (χ1) is 9.88. The van der Waals surface area contributed by atoms with Crippen LogP contribution in [0.3, 0.4) is 0 Å². The van der Waals surface area contributed by atoms with Gasteiger partial charge in [-0.05, 0) is 0 Å². The molecule has 2 N–H and O–H groups in total. The number of aliphatic hydroxyl groups is 1. The van der Waals surface area contributed by atoms with E-state index in [-0.39, 0.29) is 13.1 Å². The summed E-state index contributed by atoms with van der Waals surface area (Å²) in [5.41, 5.74) is -2.46. The first-order valence-corrected chi connectivity index (χ1v) is 6.21. The number of hydrogen-bond donors (Lipinski definition) is 2. The molecular weight excluding hydrogens is 284 g/mol. The molecule has 0 amide bonds. The average Bonchev–Trinajstić information content (AvgIpc) is 2.43. The second-order valence-electron chi connectivity index (χ2n) is 4.43. The Labute approximate surface area is 119 Å². The highest BCUT2D eigenvalue weighted by Gasteiger charge is 2.20. The molecule has 0 aliphatic heterocycles. The van der Waals surface area contributed by atoms with Gasteiger partial charge in [0.1, 0.15) is 0 Å². The maximum absolute atomic E-state index is 11.9. The van der Waals surface area contributed by atoms with E-state index in [9.17, 15) is 24.8 Å². The van der Waals surface area contributed by atoms with Crippen molar-refractivity contribution in [2.24, 2.45) is 7.05 Å². The van der Waals surface area contributed by atoms with E-state index in [1.807, 2.05) is 0 Å². The van der Waals surface area contributed by atoms with Crippen LogP contribution in [0.25, 0.3) is 0 Å². The summed E-state index contributed by atoms with van der Waals surface area (Å²) >= 11 is 0. The zero-order chi connectivity index (χ0) is 16.0. The molecule has 0 bridgehead atoms. The third-order valence-electron chi connectivity index (χ3n) is 2.77. The minimum absolute atomic E-state index is 0.127. The molecule has 0 fully saturated rings. The molecule has 0 spiro atoms. The quantitative estimate of drug-likeness (QED) is 0.324. The summed E-state index contributed by atoms with van der Waals surface area (Å²) in [5, 5.41) is 23.4. The summed E-state index contributed by atoms with van der Waals surface area (Å²) in [6, 6.07) is 0. The summed E-state index contributed by atoms with van der Waals surface area (Å²) in [5.74, 6) is 0. The van der Waals surface area contributed by atoms with E-state index in [1.54, 1.807) is 0 Å². The fourth-order valence-corrected chi connectivity index (χ4v) is 1.71. The molecule has 1 aromatic rings. The van der Waals surface area contributed by atoms with Crippen LogP contribution in [0, 0.1) is 10.1 Å². The van der Waals surface area contributed by atoms with Gasteiger partial charge in [0, 0.05) is 27.2 Å². The molecule has 1 aromatic heterocycles. The number of nitrogens with one attached hydrogen (secondary N) is 1. The first-order valence-electron chi connectivity index (χ1n) is 6.21. The molecule has 10 heteroatoms. The number of rotatable bonds is 8. The van der Waals surface area contributed by atoms with Gasteiger partial charge in [-0.3, -0.25) is 24.0 Å². The van der Waals surface area contributed by atoms with Gasteiger partial charge in [-0.25, -0.2) is 4.79 Å². The molecule has 118 valence electrons. The smallest absolute Gasteiger partial charge is 0.350 e. The number of methoxy groups -OCH3 is 1. The Kier molecular flexibility index (Phi) is 6.21. The van der Waals surface area contributed by atoms with Gasteiger partial charge < -0.3 is 15.2 Å². The second-order valence-corrected chi connectivity index (χ2v) is 4.43. The molecule has 1 rings (SSSR count). The van der Waals surface area contributed by atoms with Gasteiger partial charge >= 0.3 is 16.9 Å². The predicted molar refractivity (Wildman–Crippen MR) is 73.3 cm³/mol. The van der Waals surface area contributed by atoms with Gasteiger partial charge in [0.25, 0.3) is 0 Å². The number of aryl methyl sites for hydroxylation is 1. The van der Waals surface area contributed by atoms with Crippen LogP contribution in [-0.4, -0.2) is 52.1 Å². The molecule has 1 atom stereocenters. The number of hydrogen-bond acceptors (Lipinski definition) is 7. The van der Waals surface area contributed by atoms with E-state index in [1.165, 1.54) is 14.2 Å². The Hall–Kier alpha value is -2.04. The number of ether oxygens (including phenoxy) is 1. The van der Waals surface area contributed by atoms with Gasteiger partial charge in [0.15, 0.2) is 0 Å². The number of nitrogens with zero attached hydrogens (tertiary/aromatic N) is 3. The molecule has 0 radical (unpaired) electrons. The van der Waals surface area contributed by atoms with Crippen LogP contribution in [0.15, 0.2) is 15.8 Å². The lowest BCUT2D eigenvalue weighted by Gasteiger charge is -2.13. The third-order valence-corrected chi connectivity index (χ3v) is 2.77. The topological polar surface area (TPSA) is 129 Å². The van der Waals surface area contributed by atoms with Gasteiger partial charge in [-0.15, -0.1) is 0 Å². The Morgan fingerprint density at radius 2 is 2.19 bits per heavy atom. The van der Waals surface area contributed by atoms with Crippen molar-refractivity contribution in [2.45, 2.75) is 12.6 Å². The summed E-state index contributed by atoms with van der Waals surface area (Å²) in [6.07, 6.45) is -0.168. The molecule has 1 heterocycles. The Morgan fingerprint density at radius 3 is 2.76 bits per heavy atom. The van der Waals surface area contributed by atoms with Crippen molar-refractivity contribution in [3.8, 4) is 0 Å². The second kappa shape index (κ2) is 7.67. The van der Waals surface area contributed by atoms with Crippen molar-refractivity contribution >= 4 is 5.69 Å². The van der Waals surface area contributed by atoms with Crippen LogP contribution in [0.2, 0.25) is 0 Å². The SMILES string of the molecule is COCCNCC(O)Cn1c(=O)c([N+](=O)[O-])cn(C)c1=O. The average molecular weight is 302 g/mol. The van der Waals surface area contributed by atoms with Crippen LogP contribution in [0.4, 0.5) is 5.69 Å². The lowest BCUT2D eigenvalue weighted by atomic mass is 10.3. The van der Waals surface area contributed by atoms with Crippen molar-refractivity contribution in [1.82, 2.24) is 14.5 Å². The summed E-state index contributed by atoms with van der Waals surface area (Å²) in [4.78, 5) is 33.6. The minimum Gasteiger partial charge on any atom is -0.390 e. The van der Waals surface area contributed by atoms with Gasteiger partial charge in [-0.2, -0.15) is 0 Å². The van der Waals surface area contributed by atoms with Crippen LogP contribution in [0.1, 0.15) is 0 Å². The van der Waals surface area contributed by atoms with Crippen molar-refractivity contribution in [2.75, 3.05) is 26.8 Å². The summed E-state index contributed by atoms with van der Waals surface area (Å²) in [6.45, 7) is 0.745. The highest BCUT2D eigenvalue weighted by atomic mass is 16.6. The molecule has 0 aromatic carbocycles. The van der Waals surface area contributed by atoms with Crippen LogP contribution in [-0.2, 0) is 18.3 Å². The van der Waals surface area contributed by atoms with Crippen LogP contribution in [0.5, 0.6) is 0 Å². The summed E-state index contributed by atoms with van der Waals surface area (Å²) in [7, 11) is 2.83. The lowest BCUT2D eigenvalue weighted by Crippen LogP contribution is -2.44. The fraction of sp³-hybridized carbons (Fsp3) is 0.636. The number of aromatic nitrogens is 2. The highest BCUT2D eigenvalue weighted by molar-refractivity contribution is 5.21. The van der Waals surface area contributed by atoms with E-state index >= 15 is 0 Å². The molecule has 21 heavy (non-hydrogen) atoms. The van der Waals surface area contributed by atoms with Crippen molar-refractivity contribution < 1.29 is 14.8 Å². The van der Waals surface area contributed by atoms with E-state index in [0.717, 1.165) is 10.8 Å². The molecule has 10 nitrogen and oxygen atoms in total. The first kappa shape index (κ1) is 17.0. The molecule has 0 aliphatic rings. The third kappa shape index (κ3) is 4.48. The highest BCUT2D eigenvalue weighted by Crippen LogP contribution is 1.99. The van der Waals surface area contributed by atoms with Gasteiger partial charge in [0.2, 0.25) is 0 Å². The largest absolute Gasteiger partial charge is 0.390 e. The van der Waals surface area contributed by atoms with Crippen LogP contribution >= 0.6 is 0 Å². The monoisotopic (exact) mass is 302 g/mol. The minimum atomic E-state index is -1.03. The number of aliphatic hydroxyl groups excluding tert-OH is 1. The number of nitro groups is 1. The predicted octanol–water partition coefficient (Wildman–Crippen LogP) is -1.95. The Bertz CT molecular complexity index is 608. The normalized spacial score (nSPS) is 12.3. The zero-order valence-electron chi connectivity index (χ0n) is 11.8. The standard InChI is InChI=1S/C11H18N4O6/c1-13-7-9(15(19)20)10(17)14(11(13)18)6-8(16)5-12-3-4-21-2/h7-8,12,16H,3-6H2,1-2H3.